The van der Waals surface area contributed by atoms with Crippen molar-refractivity contribution in [2.75, 3.05) is 6.61 Å². The number of H-pyrrole nitrogens is 1. The van der Waals surface area contributed by atoms with E-state index in [-0.39, 0.29) is 23.6 Å². The molecular formula is C20H19N3O4. The van der Waals surface area contributed by atoms with E-state index in [1.165, 1.54) is 0 Å². The molecule has 0 saturated heterocycles. The lowest BCUT2D eigenvalue weighted by Gasteiger charge is -2.08. The number of nitrogens with one attached hydrogen (secondary N) is 1. The fraction of sp³-hybridized carbons (Fsp3) is 0.300. The van der Waals surface area contributed by atoms with Gasteiger partial charge in [-0.15, -0.1) is 0 Å². The van der Waals surface area contributed by atoms with Crippen LogP contribution in [0.3, 0.4) is 0 Å². The maximum absolute atomic E-state index is 12.6. The van der Waals surface area contributed by atoms with Crippen LogP contribution in [0.4, 0.5) is 0 Å². The lowest BCUT2D eigenvalue weighted by molar-refractivity contribution is 0.0469. The van der Waals surface area contributed by atoms with E-state index in [9.17, 15) is 14.4 Å². The van der Waals surface area contributed by atoms with Gasteiger partial charge in [-0.2, -0.15) is 5.10 Å². The number of ketones is 1. The zero-order valence-corrected chi connectivity index (χ0v) is 15.1. The van der Waals surface area contributed by atoms with Crippen molar-refractivity contribution in [1.82, 2.24) is 14.8 Å². The van der Waals surface area contributed by atoms with Gasteiger partial charge in [0.05, 0.1) is 5.39 Å². The first-order valence-electron chi connectivity index (χ1n) is 8.83. The van der Waals surface area contributed by atoms with E-state index >= 15 is 0 Å². The summed E-state index contributed by atoms with van der Waals surface area (Å²) in [5.74, 6) is -0.996. The molecule has 1 saturated carbocycles. The van der Waals surface area contributed by atoms with Crippen molar-refractivity contribution in [3.05, 3.63) is 63.3 Å². The second-order valence-electron chi connectivity index (χ2n) is 6.83. The maximum atomic E-state index is 12.6. The highest BCUT2D eigenvalue weighted by atomic mass is 16.5. The summed E-state index contributed by atoms with van der Waals surface area (Å²) in [7, 11) is 0. The Kier molecular flexibility index (Phi) is 4.14. The minimum absolute atomic E-state index is 0.0125. The molecule has 4 rings (SSSR count). The van der Waals surface area contributed by atoms with E-state index in [0.717, 1.165) is 24.2 Å². The number of aromatic amines is 1. The summed E-state index contributed by atoms with van der Waals surface area (Å²) < 4.78 is 7.36. The lowest BCUT2D eigenvalue weighted by Crippen LogP contribution is -2.19. The van der Waals surface area contributed by atoms with Crippen LogP contribution in [0, 0.1) is 13.8 Å². The van der Waals surface area contributed by atoms with Gasteiger partial charge in [-0.3, -0.25) is 9.59 Å². The van der Waals surface area contributed by atoms with Crippen LogP contribution in [-0.4, -0.2) is 33.1 Å². The Morgan fingerprint density at radius 2 is 1.93 bits per heavy atom. The molecule has 0 amide bonds. The van der Waals surface area contributed by atoms with Crippen LogP contribution in [0.1, 0.15) is 51.1 Å². The summed E-state index contributed by atoms with van der Waals surface area (Å²) in [6.45, 7) is 3.52. The first-order valence-corrected chi connectivity index (χ1v) is 8.83. The number of ether oxygens (including phenoxy) is 1. The summed E-state index contributed by atoms with van der Waals surface area (Å²) in [6.07, 6.45) is 2.26. The number of esters is 1. The van der Waals surface area contributed by atoms with Crippen molar-refractivity contribution in [1.29, 1.82) is 0 Å². The Balaban J connectivity index is 1.53. The molecule has 138 valence electrons. The van der Waals surface area contributed by atoms with Crippen molar-refractivity contribution in [2.24, 2.45) is 0 Å². The molecular weight excluding hydrogens is 346 g/mol. The molecule has 1 fully saturated rings. The van der Waals surface area contributed by atoms with Gasteiger partial charge < -0.3 is 9.30 Å². The van der Waals surface area contributed by atoms with Gasteiger partial charge in [0.1, 0.15) is 0 Å². The van der Waals surface area contributed by atoms with Crippen molar-refractivity contribution >= 4 is 22.5 Å². The van der Waals surface area contributed by atoms with Crippen molar-refractivity contribution < 1.29 is 14.3 Å². The molecule has 0 bridgehead atoms. The number of hydrogen-bond acceptors (Lipinski definition) is 5. The fourth-order valence-electron chi connectivity index (χ4n) is 3.50. The van der Waals surface area contributed by atoms with Gasteiger partial charge in [0.15, 0.2) is 12.3 Å². The first kappa shape index (κ1) is 17.2. The number of hydrogen-bond donors (Lipinski definition) is 1. The smallest absolute Gasteiger partial charge is 0.359 e. The number of benzene rings is 1. The van der Waals surface area contributed by atoms with E-state index in [0.29, 0.717) is 22.4 Å². The molecule has 27 heavy (non-hydrogen) atoms. The van der Waals surface area contributed by atoms with Gasteiger partial charge in [-0.05, 0) is 38.8 Å². The van der Waals surface area contributed by atoms with Gasteiger partial charge in [-0.1, -0.05) is 18.2 Å². The summed E-state index contributed by atoms with van der Waals surface area (Å²) in [4.78, 5) is 36.8. The second-order valence-corrected chi connectivity index (χ2v) is 6.83. The van der Waals surface area contributed by atoms with E-state index < -0.39 is 5.97 Å². The zero-order valence-electron chi connectivity index (χ0n) is 15.1. The van der Waals surface area contributed by atoms with Crippen LogP contribution < -0.4 is 5.56 Å². The van der Waals surface area contributed by atoms with Gasteiger partial charge in [-0.25, -0.2) is 9.89 Å². The van der Waals surface area contributed by atoms with Crippen LogP contribution >= 0.6 is 0 Å². The van der Waals surface area contributed by atoms with Gasteiger partial charge in [0, 0.05) is 28.4 Å². The summed E-state index contributed by atoms with van der Waals surface area (Å²) >= 11 is 0. The summed E-state index contributed by atoms with van der Waals surface area (Å²) in [5, 5.41) is 6.82. The summed E-state index contributed by atoms with van der Waals surface area (Å²) in [5.41, 5.74) is 2.13. The third-order valence-corrected chi connectivity index (χ3v) is 4.92. The Morgan fingerprint density at radius 3 is 2.63 bits per heavy atom. The highest BCUT2D eigenvalue weighted by molar-refractivity contribution is 6.04. The van der Waals surface area contributed by atoms with Crippen molar-refractivity contribution in [3.8, 4) is 0 Å². The average Bonchev–Trinajstić information content (AvgIpc) is 3.45. The highest BCUT2D eigenvalue weighted by Crippen LogP contribution is 2.38. The molecule has 7 nitrogen and oxygen atoms in total. The molecule has 1 N–H and O–H groups in total. The minimum Gasteiger partial charge on any atom is -0.452 e. The van der Waals surface area contributed by atoms with Crippen molar-refractivity contribution in [3.63, 3.8) is 0 Å². The molecule has 1 aliphatic carbocycles. The standard InChI is InChI=1S/C20H19N3O4/c1-11-9-16(12(2)23(11)13-7-8-13)17(24)10-27-20(26)18-14-5-3-4-6-15(14)19(25)22-21-18/h3-6,9,13H,7-8,10H2,1-2H3,(H,22,25). The third kappa shape index (κ3) is 3.05. The Labute approximate surface area is 155 Å². The molecule has 0 spiro atoms. The molecule has 2 heterocycles. The van der Waals surface area contributed by atoms with E-state index in [4.69, 9.17) is 4.74 Å². The molecule has 0 radical (unpaired) electrons. The minimum atomic E-state index is -0.744. The van der Waals surface area contributed by atoms with Crippen LogP contribution in [0.15, 0.2) is 35.1 Å². The molecule has 0 atom stereocenters. The van der Waals surface area contributed by atoms with Gasteiger partial charge in [0.25, 0.3) is 5.56 Å². The number of fused-ring (bicyclic) bond motifs is 1. The predicted molar refractivity (Wildman–Crippen MR) is 99.2 cm³/mol. The summed E-state index contributed by atoms with van der Waals surface area (Å²) in [6, 6.07) is 8.95. The van der Waals surface area contributed by atoms with E-state index in [1.807, 2.05) is 19.9 Å². The predicted octanol–water partition coefficient (Wildman–Crippen LogP) is 2.72. The molecule has 1 aromatic carbocycles. The Bertz CT molecular complexity index is 1120. The van der Waals surface area contributed by atoms with Crippen LogP contribution in [0.5, 0.6) is 0 Å². The lowest BCUT2D eigenvalue weighted by atomic mass is 10.1. The second kappa shape index (κ2) is 6.50. The van der Waals surface area contributed by atoms with Crippen LogP contribution in [0.25, 0.3) is 10.8 Å². The Hall–Kier alpha value is -3.22. The monoisotopic (exact) mass is 365 g/mol. The van der Waals surface area contributed by atoms with Crippen molar-refractivity contribution in [2.45, 2.75) is 32.7 Å². The zero-order chi connectivity index (χ0) is 19.1. The molecule has 7 heteroatoms. The molecule has 0 aliphatic heterocycles. The quantitative estimate of drug-likeness (QED) is 0.554. The molecule has 3 aromatic rings. The highest BCUT2D eigenvalue weighted by Gasteiger charge is 2.28. The number of aromatic nitrogens is 3. The normalized spacial score (nSPS) is 13.7. The van der Waals surface area contributed by atoms with Crippen LogP contribution in [0.2, 0.25) is 0 Å². The van der Waals surface area contributed by atoms with Gasteiger partial charge >= 0.3 is 5.97 Å². The molecule has 0 unspecified atom stereocenters. The largest absolute Gasteiger partial charge is 0.452 e. The molecule has 1 aliphatic rings. The van der Waals surface area contributed by atoms with Gasteiger partial charge in [0.2, 0.25) is 5.78 Å². The SMILES string of the molecule is Cc1cc(C(=O)COC(=O)c2n[nH]c(=O)c3ccccc23)c(C)n1C1CC1. The van der Waals surface area contributed by atoms with E-state index in [1.54, 1.807) is 24.3 Å². The number of nitrogens with zero attached hydrogens (tertiary/aromatic N) is 2. The topological polar surface area (TPSA) is 94.1 Å². The molecule has 2 aromatic heterocycles. The number of rotatable bonds is 5. The number of Topliss-reactive ketones (excluding diaryl/α,β-unsaturated/α-hetero) is 1. The number of carbonyl (C=O) groups excluding carboxylic acids is 2. The van der Waals surface area contributed by atoms with Crippen LogP contribution in [-0.2, 0) is 4.74 Å². The Morgan fingerprint density at radius 1 is 1.22 bits per heavy atom. The third-order valence-electron chi connectivity index (χ3n) is 4.92. The fourth-order valence-corrected chi connectivity index (χ4v) is 3.50. The first-order chi connectivity index (χ1) is 13.0. The maximum Gasteiger partial charge on any atom is 0.359 e. The number of aryl methyl sites for hydroxylation is 1. The number of carbonyl (C=O) groups is 2. The van der Waals surface area contributed by atoms with E-state index in [2.05, 4.69) is 14.8 Å². The average molecular weight is 365 g/mol.